The highest BCUT2D eigenvalue weighted by atomic mass is 16.5. The zero-order valence-electron chi connectivity index (χ0n) is 25.0. The lowest BCUT2D eigenvalue weighted by molar-refractivity contribution is 0.0953. The number of amides is 1. The van der Waals surface area contributed by atoms with Crippen molar-refractivity contribution in [2.45, 2.75) is 142 Å². The number of benzene rings is 1. The molecule has 1 rings (SSSR count). The van der Waals surface area contributed by atoms with E-state index in [0.717, 1.165) is 12.8 Å². The lowest BCUT2D eigenvalue weighted by atomic mass is 10.1. The highest BCUT2D eigenvalue weighted by molar-refractivity contribution is 5.95. The Balaban J connectivity index is 2.33. The van der Waals surface area contributed by atoms with Crippen molar-refractivity contribution < 1.29 is 14.3 Å². The van der Waals surface area contributed by atoms with Gasteiger partial charge in [0.25, 0.3) is 5.91 Å². The first-order valence-corrected chi connectivity index (χ1v) is 16.1. The molecule has 5 heteroatoms. The third-order valence-electron chi connectivity index (χ3n) is 7.11. The second-order valence-electron chi connectivity index (χ2n) is 10.8. The summed E-state index contributed by atoms with van der Waals surface area (Å²) in [6.07, 6.45) is 26.0. The smallest absolute Gasteiger partial charge is 0.251 e. The van der Waals surface area contributed by atoms with Crippen LogP contribution in [0.5, 0.6) is 11.5 Å². The maximum Gasteiger partial charge on any atom is 0.251 e. The molecule has 0 aliphatic heterocycles. The predicted octanol–water partition coefficient (Wildman–Crippen LogP) is 8.97. The Hall–Kier alpha value is -1.75. The van der Waals surface area contributed by atoms with Crippen molar-refractivity contribution in [1.82, 2.24) is 5.32 Å². The Morgan fingerprint density at radius 2 is 0.974 bits per heavy atom. The number of ether oxygens (including phenoxy) is 2. The van der Waals surface area contributed by atoms with Crippen LogP contribution in [0, 0.1) is 0 Å². The molecule has 0 atom stereocenters. The third-order valence-corrected chi connectivity index (χ3v) is 7.11. The van der Waals surface area contributed by atoms with Gasteiger partial charge in [-0.2, -0.15) is 0 Å². The molecule has 5 nitrogen and oxygen atoms in total. The van der Waals surface area contributed by atoms with Gasteiger partial charge in [0, 0.05) is 24.7 Å². The number of unbranched alkanes of at least 4 members (excludes halogenated alkanes) is 18. The summed E-state index contributed by atoms with van der Waals surface area (Å²) < 4.78 is 12.1. The minimum atomic E-state index is -0.136. The summed E-state index contributed by atoms with van der Waals surface area (Å²) in [5, 5.41) is 2.85. The molecule has 220 valence electrons. The van der Waals surface area contributed by atoms with Crippen LogP contribution in [-0.4, -0.2) is 32.2 Å². The van der Waals surface area contributed by atoms with Gasteiger partial charge in [0.15, 0.2) is 0 Å². The maximum absolute atomic E-state index is 12.5. The van der Waals surface area contributed by atoms with E-state index in [0.29, 0.717) is 43.4 Å². The highest BCUT2D eigenvalue weighted by Gasteiger charge is 2.10. The maximum atomic E-state index is 12.5. The number of carbonyl (C=O) groups excluding carboxylic acids is 1. The third kappa shape index (κ3) is 19.3. The Labute approximate surface area is 235 Å². The van der Waals surface area contributed by atoms with Crippen LogP contribution >= 0.6 is 0 Å². The van der Waals surface area contributed by atoms with Crippen molar-refractivity contribution in [3.8, 4) is 11.5 Å². The van der Waals surface area contributed by atoms with E-state index in [-0.39, 0.29) is 5.91 Å². The monoisotopic (exact) mass is 532 g/mol. The summed E-state index contributed by atoms with van der Waals surface area (Å²) in [7, 11) is 0. The van der Waals surface area contributed by atoms with Crippen molar-refractivity contribution in [2.75, 3.05) is 26.3 Å². The molecule has 38 heavy (non-hydrogen) atoms. The van der Waals surface area contributed by atoms with Gasteiger partial charge in [0.05, 0.1) is 13.2 Å². The normalized spacial score (nSPS) is 11.0. The average molecular weight is 533 g/mol. The van der Waals surface area contributed by atoms with Gasteiger partial charge in [-0.15, -0.1) is 0 Å². The summed E-state index contributed by atoms with van der Waals surface area (Å²) in [6, 6.07) is 5.55. The van der Waals surface area contributed by atoms with Crippen LogP contribution in [0.2, 0.25) is 0 Å². The molecule has 0 aliphatic rings. The number of hydrogen-bond acceptors (Lipinski definition) is 4. The van der Waals surface area contributed by atoms with E-state index in [1.54, 1.807) is 0 Å². The minimum absolute atomic E-state index is 0.136. The molecule has 3 N–H and O–H groups in total. The standard InChI is InChI=1S/C33H60N2O3/c1-3-5-7-9-11-13-15-17-19-21-25-37-31-27-30(33(36)35-24-23-34)28-32(29-31)38-26-22-20-18-16-14-12-10-8-6-4-2/h27-29H,3-26,34H2,1-2H3,(H,35,36). The van der Waals surface area contributed by atoms with Crippen LogP contribution in [0.15, 0.2) is 18.2 Å². The zero-order chi connectivity index (χ0) is 27.5. The molecule has 0 fully saturated rings. The van der Waals surface area contributed by atoms with E-state index < -0.39 is 0 Å². The first-order valence-electron chi connectivity index (χ1n) is 16.1. The quantitative estimate of drug-likeness (QED) is 0.111. The van der Waals surface area contributed by atoms with Crippen molar-refractivity contribution >= 4 is 5.91 Å². The van der Waals surface area contributed by atoms with Crippen LogP contribution in [0.4, 0.5) is 0 Å². The van der Waals surface area contributed by atoms with Crippen LogP contribution in [-0.2, 0) is 0 Å². The number of nitrogens with one attached hydrogen (secondary N) is 1. The molecule has 0 saturated heterocycles. The van der Waals surface area contributed by atoms with Crippen LogP contribution in [0.1, 0.15) is 153 Å². The largest absolute Gasteiger partial charge is 0.493 e. The van der Waals surface area contributed by atoms with Gasteiger partial charge in [-0.25, -0.2) is 0 Å². The SMILES string of the molecule is CCCCCCCCCCCCOc1cc(OCCCCCCCCCCCC)cc(C(=O)NCCN)c1. The Kier molecular flexibility index (Phi) is 23.0. The molecule has 0 spiro atoms. The molecule has 0 bridgehead atoms. The first kappa shape index (κ1) is 34.3. The molecule has 0 unspecified atom stereocenters. The van der Waals surface area contributed by atoms with Gasteiger partial charge in [-0.1, -0.05) is 129 Å². The van der Waals surface area contributed by atoms with Crippen molar-refractivity contribution in [2.24, 2.45) is 5.73 Å². The van der Waals surface area contributed by atoms with E-state index >= 15 is 0 Å². The molecule has 0 heterocycles. The number of nitrogens with two attached hydrogens (primary N) is 1. The molecular weight excluding hydrogens is 472 g/mol. The van der Waals surface area contributed by atoms with Gasteiger partial charge in [-0.3, -0.25) is 4.79 Å². The average Bonchev–Trinajstić information content (AvgIpc) is 2.93. The van der Waals surface area contributed by atoms with E-state index in [2.05, 4.69) is 19.2 Å². The molecule has 0 saturated carbocycles. The second-order valence-corrected chi connectivity index (χ2v) is 10.8. The minimum Gasteiger partial charge on any atom is -0.493 e. The van der Waals surface area contributed by atoms with E-state index in [1.165, 1.54) is 116 Å². The van der Waals surface area contributed by atoms with Gasteiger partial charge < -0.3 is 20.5 Å². The number of rotatable bonds is 27. The first-order chi connectivity index (χ1) is 18.7. The Morgan fingerprint density at radius 1 is 0.605 bits per heavy atom. The van der Waals surface area contributed by atoms with Crippen molar-refractivity contribution in [1.29, 1.82) is 0 Å². The number of carbonyl (C=O) groups is 1. The lowest BCUT2D eigenvalue weighted by Gasteiger charge is -2.13. The van der Waals surface area contributed by atoms with Crippen molar-refractivity contribution in [3.63, 3.8) is 0 Å². The molecule has 1 aromatic rings. The topological polar surface area (TPSA) is 73.6 Å². The molecule has 0 radical (unpaired) electrons. The molecule has 1 aromatic carbocycles. The van der Waals surface area contributed by atoms with Gasteiger partial charge in [0.1, 0.15) is 11.5 Å². The molecule has 0 aliphatic carbocycles. The Bertz CT molecular complexity index is 636. The number of hydrogen-bond donors (Lipinski definition) is 2. The Morgan fingerprint density at radius 3 is 1.34 bits per heavy atom. The second kappa shape index (κ2) is 25.5. The summed E-state index contributed by atoms with van der Waals surface area (Å²) in [5.74, 6) is 1.28. The van der Waals surface area contributed by atoms with E-state index in [4.69, 9.17) is 15.2 Å². The summed E-state index contributed by atoms with van der Waals surface area (Å²) in [4.78, 5) is 12.5. The molecule has 0 aromatic heterocycles. The van der Waals surface area contributed by atoms with Gasteiger partial charge in [-0.05, 0) is 25.0 Å². The highest BCUT2D eigenvalue weighted by Crippen LogP contribution is 2.24. The van der Waals surface area contributed by atoms with Gasteiger partial charge >= 0.3 is 0 Å². The van der Waals surface area contributed by atoms with Crippen LogP contribution in [0.25, 0.3) is 0 Å². The predicted molar refractivity (Wildman–Crippen MR) is 163 cm³/mol. The van der Waals surface area contributed by atoms with E-state index in [9.17, 15) is 4.79 Å². The van der Waals surface area contributed by atoms with Crippen LogP contribution in [0.3, 0.4) is 0 Å². The zero-order valence-corrected chi connectivity index (χ0v) is 25.0. The fourth-order valence-electron chi connectivity index (χ4n) is 4.72. The summed E-state index contributed by atoms with van der Waals surface area (Å²) in [6.45, 7) is 6.74. The fourth-order valence-corrected chi connectivity index (χ4v) is 4.72. The molecule has 1 amide bonds. The van der Waals surface area contributed by atoms with Crippen molar-refractivity contribution in [3.05, 3.63) is 23.8 Å². The summed E-state index contributed by atoms with van der Waals surface area (Å²) >= 11 is 0. The lowest BCUT2D eigenvalue weighted by Crippen LogP contribution is -2.29. The van der Waals surface area contributed by atoms with E-state index in [1.807, 2.05) is 18.2 Å². The van der Waals surface area contributed by atoms with Crippen LogP contribution < -0.4 is 20.5 Å². The fraction of sp³-hybridized carbons (Fsp3) is 0.788. The summed E-state index contributed by atoms with van der Waals surface area (Å²) in [5.41, 5.74) is 6.12. The molecular formula is C33H60N2O3. The van der Waals surface area contributed by atoms with Gasteiger partial charge in [0.2, 0.25) is 0 Å².